The Hall–Kier alpha value is -6.63. The molecule has 0 spiro atoms. The molecule has 1 aromatic rings. The predicted octanol–water partition coefficient (Wildman–Crippen LogP) is 1.84. The predicted molar refractivity (Wildman–Crippen MR) is 293 cm³/mol. The molecule has 0 aromatic heterocycles. The molecule has 0 fully saturated rings. The molecular formula is C57H82ClN5O17. The molecule has 1 aliphatic carbocycles. The quantitative estimate of drug-likeness (QED) is 0.0814. The van der Waals surface area contributed by atoms with Crippen molar-refractivity contribution in [1.82, 2.24) is 5.32 Å². The number of hydrogen-bond acceptors (Lipinski definition) is 17. The largest absolute Gasteiger partial charge is 1.00 e. The highest BCUT2D eigenvalue weighted by Gasteiger charge is 2.35. The van der Waals surface area contributed by atoms with Gasteiger partial charge < -0.3 is 93.8 Å². The van der Waals surface area contributed by atoms with Crippen LogP contribution < -0.4 is 40.2 Å². The summed E-state index contributed by atoms with van der Waals surface area (Å²) in [6, 6.07) is 1.25. The maximum Gasteiger partial charge on any atom is 0.405 e. The molecule has 2 aliphatic heterocycles. The number of ether oxygens (including phenoxy) is 7. The highest BCUT2D eigenvalue weighted by Crippen LogP contribution is 2.40. The normalized spacial score (nSPS) is 31.4. The first kappa shape index (κ1) is 69.5. The van der Waals surface area contributed by atoms with Gasteiger partial charge >= 0.3 is 12.2 Å². The number of halogens is 1. The van der Waals surface area contributed by atoms with Gasteiger partial charge in [0, 0.05) is 69.1 Å². The molecule has 22 nitrogen and oxygen atoms in total. The summed E-state index contributed by atoms with van der Waals surface area (Å²) in [6.45, 7) is 14.0. The molecule has 2 heterocycles. The number of quaternary nitrogens is 1. The van der Waals surface area contributed by atoms with Crippen LogP contribution in [0.4, 0.5) is 21.0 Å². The van der Waals surface area contributed by atoms with Crippen LogP contribution in [0.2, 0.25) is 0 Å². The third-order valence-electron chi connectivity index (χ3n) is 13.9. The van der Waals surface area contributed by atoms with Gasteiger partial charge in [-0.2, -0.15) is 0 Å². The number of benzene rings is 1. The van der Waals surface area contributed by atoms with Crippen LogP contribution in [-0.2, 0) is 58.8 Å². The van der Waals surface area contributed by atoms with Crippen molar-refractivity contribution in [1.29, 1.82) is 0 Å². The van der Waals surface area contributed by atoms with Crippen LogP contribution in [0.1, 0.15) is 80.2 Å². The third-order valence-corrected chi connectivity index (χ3v) is 13.9. The fraction of sp³-hybridized carbons (Fsp3) is 0.509. The van der Waals surface area contributed by atoms with Gasteiger partial charge in [-0.15, -0.1) is 0 Å². The standard InChI is InChI=1S/C29H40N2O9.C28H41N3O8.ClH/c1-15-11-19-25(34)20(14-21(32)27(19)39-7)31-28(35)16(2)9-8-10-22(37-5)26(40-29(30)36)18(4)13-17(3)24(33)23(12-15)38-6;1-14-10-18-23(29)20(32)13-19(25(18)34)31-27(35)15(2)8-7-9-21(37-5)26(39-28(30)36)17(4)12-16(3)24(33)22(11-14)38-6;/h8-10,13-15,17,22-24,26,33H,11-12H2,1-7H3,(H2,30,36)(H,31,35);7-9,12-14,16,21-22,24,26,32-34H,10-11,29H2,1-6H3,(H2,30,36)(H,31,35);1H/b10-8-,16-9+,18-13+;9-7-,15-8+,17-12+;/t15-,17+,22+,23+,24?,26+;14-,16+,21+,22+,24-,26+;/m11./s1. The number of primary amides is 2. The van der Waals surface area contributed by atoms with E-state index in [1.165, 1.54) is 60.7 Å². The monoisotopic (exact) mass is 1140 g/mol. The number of aliphatic hydroxyl groups excluding tert-OH is 2. The molecule has 80 heavy (non-hydrogen) atoms. The maximum absolute atomic E-state index is 13.3. The number of carbonyl (C=O) groups is 6. The van der Waals surface area contributed by atoms with Crippen molar-refractivity contribution in [3.8, 4) is 11.5 Å². The molecule has 1 unspecified atom stereocenters. The number of methoxy groups -OCH3 is 5. The molecule has 12 atom stereocenters. The molecule has 23 heteroatoms. The minimum Gasteiger partial charge on any atom is -1.00 e. The van der Waals surface area contributed by atoms with Crippen LogP contribution >= 0.6 is 0 Å². The van der Waals surface area contributed by atoms with Crippen molar-refractivity contribution in [3.63, 3.8) is 0 Å². The lowest BCUT2D eigenvalue weighted by Gasteiger charge is -2.29. The Bertz CT molecular complexity index is 2640. The summed E-state index contributed by atoms with van der Waals surface area (Å²) in [4.78, 5) is 75.1. The molecule has 4 amide bonds. The Morgan fingerprint density at radius 1 is 0.675 bits per heavy atom. The number of phenols is 2. The van der Waals surface area contributed by atoms with E-state index in [4.69, 9.17) is 44.6 Å². The Kier molecular flexibility index (Phi) is 28.3. The van der Waals surface area contributed by atoms with E-state index in [0.29, 0.717) is 41.5 Å². The topological polar surface area (TPSA) is 352 Å². The second-order valence-electron chi connectivity index (χ2n) is 20.2. The first-order valence-electron chi connectivity index (χ1n) is 25.7. The van der Waals surface area contributed by atoms with E-state index in [1.807, 2.05) is 20.8 Å². The van der Waals surface area contributed by atoms with E-state index in [9.17, 15) is 49.2 Å². The van der Waals surface area contributed by atoms with Crippen molar-refractivity contribution in [2.24, 2.45) is 35.1 Å². The summed E-state index contributed by atoms with van der Waals surface area (Å²) in [5.41, 5.74) is 16.9. The Morgan fingerprint density at radius 3 is 1.52 bits per heavy atom. The number of phenolic OH excluding ortho intramolecular Hbond substituents is 2. The molecule has 0 saturated heterocycles. The smallest absolute Gasteiger partial charge is 0.405 e. The van der Waals surface area contributed by atoms with Crippen molar-refractivity contribution >= 4 is 46.9 Å². The van der Waals surface area contributed by atoms with Crippen LogP contribution in [0.5, 0.6) is 11.5 Å². The van der Waals surface area contributed by atoms with Crippen LogP contribution in [0.3, 0.4) is 0 Å². The second-order valence-corrected chi connectivity index (χ2v) is 20.2. The van der Waals surface area contributed by atoms with E-state index < -0.39 is 96.2 Å². The average Bonchev–Trinajstić information content (AvgIpc) is 3.39. The molecule has 13 N–H and O–H groups in total. The fourth-order valence-electron chi connectivity index (χ4n) is 9.45. The van der Waals surface area contributed by atoms with Gasteiger partial charge in [0.15, 0.2) is 29.4 Å². The van der Waals surface area contributed by atoms with Crippen LogP contribution in [0, 0.1) is 23.7 Å². The van der Waals surface area contributed by atoms with E-state index >= 15 is 0 Å². The van der Waals surface area contributed by atoms with Gasteiger partial charge in [-0.3, -0.25) is 19.2 Å². The zero-order chi connectivity index (χ0) is 59.6. The van der Waals surface area contributed by atoms with E-state index in [2.05, 4.69) is 16.4 Å². The Morgan fingerprint density at radius 2 is 1.11 bits per heavy atom. The number of amides is 4. The lowest BCUT2D eigenvalue weighted by atomic mass is 9.85. The number of aromatic hydroxyl groups is 2. The van der Waals surface area contributed by atoms with E-state index in [-0.39, 0.29) is 76.1 Å². The van der Waals surface area contributed by atoms with Crippen LogP contribution in [0.25, 0.3) is 0 Å². The van der Waals surface area contributed by atoms with E-state index in [0.717, 1.165) is 6.08 Å². The number of Topliss-reactive ketones (excluding diaryl/α,β-unsaturated/α-hetero) is 1. The third kappa shape index (κ3) is 19.3. The second kappa shape index (κ2) is 32.6. The summed E-state index contributed by atoms with van der Waals surface area (Å²) < 4.78 is 38.2. The minimum atomic E-state index is -1.00. The number of anilines is 1. The summed E-state index contributed by atoms with van der Waals surface area (Å²) in [5, 5.41) is 48.9. The number of fused-ring (bicyclic) bond motifs is 4. The zero-order valence-corrected chi connectivity index (χ0v) is 48.6. The highest BCUT2D eigenvalue weighted by atomic mass is 35.5. The van der Waals surface area contributed by atoms with Crippen LogP contribution in [0.15, 0.2) is 100 Å². The van der Waals surface area contributed by atoms with E-state index in [1.54, 1.807) is 64.2 Å². The highest BCUT2D eigenvalue weighted by molar-refractivity contribution is 6.23. The number of nitrogens with one attached hydrogen (secondary N) is 2. The number of hydrogen-bond donors (Lipinski definition) is 9. The molecule has 444 valence electrons. The lowest BCUT2D eigenvalue weighted by molar-refractivity contribution is -0.257. The molecule has 0 radical (unpaired) electrons. The average molecular weight is 1140 g/mol. The molecule has 4 rings (SSSR count). The molecule has 1 aromatic carbocycles. The number of ketones is 2. The van der Waals surface area contributed by atoms with Crippen molar-refractivity contribution in [2.45, 2.75) is 130 Å². The van der Waals surface area contributed by atoms with Gasteiger partial charge in [-0.05, 0) is 76.4 Å². The summed E-state index contributed by atoms with van der Waals surface area (Å²) >= 11 is 0. The maximum atomic E-state index is 13.3. The van der Waals surface area contributed by atoms with Gasteiger partial charge in [-0.1, -0.05) is 76.3 Å². The Labute approximate surface area is 474 Å². The molecule has 4 bridgehead atoms. The lowest BCUT2D eigenvalue weighted by Crippen LogP contribution is -3.00. The Balaban J connectivity index is 0.000000540. The molecular weight excluding hydrogens is 1060 g/mol. The van der Waals surface area contributed by atoms with Gasteiger partial charge in [0.2, 0.25) is 11.6 Å². The summed E-state index contributed by atoms with van der Waals surface area (Å²) in [7, 11) is 7.16. The summed E-state index contributed by atoms with van der Waals surface area (Å²) in [5.74, 6) is -3.77. The van der Waals surface area contributed by atoms with Gasteiger partial charge in [-0.25, -0.2) is 9.59 Å². The first-order chi connectivity index (χ1) is 37.1. The van der Waals surface area contributed by atoms with Gasteiger partial charge in [0.25, 0.3) is 11.8 Å². The van der Waals surface area contributed by atoms with Crippen LogP contribution in [-0.4, -0.2) is 140 Å². The first-order valence-corrected chi connectivity index (χ1v) is 25.7. The molecule has 3 aliphatic rings. The SMILES string of the molecule is COC1=C2C[C@@H](C)C[C@H](OC)C(O)[C@@H](C)/C=C(\C)[C@H](OC(N)=O)[C@@H](OC)/C=C\C=C(/C)C(=O)NC(=CC1=O)C2=O.CO[C@H]1/C=C\C=C(/C)C(=O)Nc2cc(O)c([NH3+])c(c2O)C[C@@H](C)C[C@H](OC)[C@H](O)[C@@H](C)/C=C(\C)[C@@H]1OC(N)=O.[Cl-]. The molecule has 0 saturated carbocycles. The van der Waals surface area contributed by atoms with Gasteiger partial charge in [0.05, 0.1) is 48.5 Å². The number of carbonyl (C=O) groups excluding carboxylic acids is 6. The number of rotatable bonds is 7. The number of nitrogens with two attached hydrogens (primary N) is 2. The fourth-order valence-corrected chi connectivity index (χ4v) is 9.45. The van der Waals surface area contributed by atoms with Crippen molar-refractivity contribution in [3.05, 3.63) is 106 Å². The van der Waals surface area contributed by atoms with Gasteiger partial charge in [0.1, 0.15) is 18.0 Å². The zero-order valence-electron chi connectivity index (χ0n) is 47.9. The van der Waals surface area contributed by atoms with Crippen molar-refractivity contribution < 1.29 is 100 Å². The number of aliphatic hydroxyl groups is 2. The number of allylic oxidation sites excluding steroid dienone is 6. The minimum absolute atomic E-state index is 0. The summed E-state index contributed by atoms with van der Waals surface area (Å²) in [6.07, 6.45) is 6.70. The van der Waals surface area contributed by atoms with Crippen molar-refractivity contribution in [2.75, 3.05) is 40.9 Å².